The van der Waals surface area contributed by atoms with Gasteiger partial charge in [0.25, 0.3) is 10.1 Å². The van der Waals surface area contributed by atoms with Crippen LogP contribution < -0.4 is 0 Å². The lowest BCUT2D eigenvalue weighted by Crippen LogP contribution is -1.97. The summed E-state index contributed by atoms with van der Waals surface area (Å²) < 4.78 is 33.9. The third-order valence-corrected chi connectivity index (χ3v) is 2.07. The lowest BCUT2D eigenvalue weighted by molar-refractivity contribution is 0.475. The Kier molecular flexibility index (Phi) is 1.53. The molecule has 0 fully saturated rings. The summed E-state index contributed by atoms with van der Waals surface area (Å²) in [6, 6.07) is 1.20. The molecule has 1 heterocycles. The van der Waals surface area contributed by atoms with Crippen molar-refractivity contribution in [2.75, 3.05) is 0 Å². The van der Waals surface area contributed by atoms with E-state index in [1.54, 1.807) is 0 Å². The van der Waals surface area contributed by atoms with E-state index in [9.17, 15) is 8.42 Å². The minimum absolute atomic E-state index is 0.174. The maximum atomic E-state index is 10.4. The highest BCUT2D eigenvalue weighted by Gasteiger charge is 2.14. The Balaban J connectivity index is 3.32. The standard InChI is InChI=1S/C5H6O4S/c1-4-5(2-3-9-4)10(6,7)8/h2-3H,1H3,(H,6,7,8). The highest BCUT2D eigenvalue weighted by atomic mass is 32.2. The van der Waals surface area contributed by atoms with Crippen LogP contribution in [0.1, 0.15) is 5.76 Å². The molecule has 0 aliphatic heterocycles. The summed E-state index contributed by atoms with van der Waals surface area (Å²) in [5.74, 6) is 0.197. The second-order valence-electron chi connectivity index (χ2n) is 1.82. The van der Waals surface area contributed by atoms with Crippen molar-refractivity contribution in [2.24, 2.45) is 0 Å². The van der Waals surface area contributed by atoms with Crippen molar-refractivity contribution in [3.63, 3.8) is 0 Å². The molecule has 1 rings (SSSR count). The van der Waals surface area contributed by atoms with Gasteiger partial charge < -0.3 is 4.42 Å². The molecule has 0 unspecified atom stereocenters. The van der Waals surface area contributed by atoms with Crippen molar-refractivity contribution >= 4 is 10.1 Å². The Labute approximate surface area is 58.2 Å². The Morgan fingerprint density at radius 2 is 2.20 bits per heavy atom. The molecule has 0 saturated heterocycles. The zero-order chi connectivity index (χ0) is 7.78. The molecule has 0 spiro atoms. The van der Waals surface area contributed by atoms with Gasteiger partial charge in [-0.05, 0) is 13.0 Å². The van der Waals surface area contributed by atoms with Crippen LogP contribution in [0.15, 0.2) is 21.6 Å². The van der Waals surface area contributed by atoms with E-state index in [0.29, 0.717) is 0 Å². The molecule has 10 heavy (non-hydrogen) atoms. The van der Waals surface area contributed by atoms with E-state index in [4.69, 9.17) is 4.55 Å². The number of hydrogen-bond acceptors (Lipinski definition) is 3. The lowest BCUT2D eigenvalue weighted by Gasteiger charge is -1.89. The van der Waals surface area contributed by atoms with Gasteiger partial charge in [0.2, 0.25) is 0 Å². The van der Waals surface area contributed by atoms with Crippen molar-refractivity contribution in [3.8, 4) is 0 Å². The maximum absolute atomic E-state index is 10.4. The molecule has 0 aliphatic carbocycles. The molecule has 1 aromatic rings. The van der Waals surface area contributed by atoms with E-state index >= 15 is 0 Å². The first-order valence-electron chi connectivity index (χ1n) is 2.53. The summed E-state index contributed by atoms with van der Waals surface area (Å²) in [5.41, 5.74) is 0. The van der Waals surface area contributed by atoms with Crippen molar-refractivity contribution in [2.45, 2.75) is 11.8 Å². The van der Waals surface area contributed by atoms with Crippen molar-refractivity contribution in [1.82, 2.24) is 0 Å². The van der Waals surface area contributed by atoms with E-state index in [-0.39, 0.29) is 10.7 Å². The number of hydrogen-bond donors (Lipinski definition) is 1. The van der Waals surface area contributed by atoms with Gasteiger partial charge in [0.05, 0.1) is 6.26 Å². The molecular weight excluding hydrogens is 156 g/mol. The van der Waals surface area contributed by atoms with Gasteiger partial charge in [-0.15, -0.1) is 0 Å². The van der Waals surface area contributed by atoms with Crippen LogP contribution in [-0.2, 0) is 10.1 Å². The smallest absolute Gasteiger partial charge is 0.298 e. The normalized spacial score (nSPS) is 11.8. The molecule has 0 amide bonds. The highest BCUT2D eigenvalue weighted by molar-refractivity contribution is 7.85. The molecule has 0 aromatic carbocycles. The van der Waals surface area contributed by atoms with Crippen LogP contribution in [-0.4, -0.2) is 13.0 Å². The Hall–Kier alpha value is -0.810. The van der Waals surface area contributed by atoms with Gasteiger partial charge in [0, 0.05) is 0 Å². The van der Waals surface area contributed by atoms with Gasteiger partial charge in [0.15, 0.2) is 0 Å². The molecule has 56 valence electrons. The molecule has 5 heteroatoms. The van der Waals surface area contributed by atoms with E-state index in [2.05, 4.69) is 4.42 Å². The Morgan fingerprint density at radius 3 is 2.40 bits per heavy atom. The first kappa shape index (κ1) is 7.30. The average Bonchev–Trinajstić information content (AvgIpc) is 2.11. The summed E-state index contributed by atoms with van der Waals surface area (Å²) in [6.07, 6.45) is 1.21. The molecule has 1 N–H and O–H groups in total. The average molecular weight is 162 g/mol. The first-order chi connectivity index (χ1) is 4.52. The summed E-state index contributed by atoms with van der Waals surface area (Å²) in [6.45, 7) is 1.46. The summed E-state index contributed by atoms with van der Waals surface area (Å²) in [5, 5.41) is 0. The van der Waals surface area contributed by atoms with Crippen molar-refractivity contribution in [1.29, 1.82) is 0 Å². The van der Waals surface area contributed by atoms with Gasteiger partial charge in [0.1, 0.15) is 10.7 Å². The molecule has 0 atom stereocenters. The summed E-state index contributed by atoms with van der Waals surface area (Å²) in [4.78, 5) is -0.174. The predicted octanol–water partition coefficient (Wildman–Crippen LogP) is 0.835. The second-order valence-corrected chi connectivity index (χ2v) is 3.21. The molecule has 0 aliphatic rings. The number of aryl methyl sites for hydroxylation is 1. The van der Waals surface area contributed by atoms with E-state index in [1.807, 2.05) is 0 Å². The summed E-state index contributed by atoms with van der Waals surface area (Å²) >= 11 is 0. The van der Waals surface area contributed by atoms with Gasteiger partial charge in [-0.3, -0.25) is 4.55 Å². The Morgan fingerprint density at radius 1 is 1.60 bits per heavy atom. The van der Waals surface area contributed by atoms with Gasteiger partial charge in [-0.2, -0.15) is 8.42 Å². The number of furan rings is 1. The van der Waals surface area contributed by atoms with Crippen LogP contribution >= 0.6 is 0 Å². The van der Waals surface area contributed by atoms with Crippen LogP contribution in [0.4, 0.5) is 0 Å². The van der Waals surface area contributed by atoms with Crippen LogP contribution in [0.5, 0.6) is 0 Å². The fourth-order valence-electron chi connectivity index (χ4n) is 0.641. The quantitative estimate of drug-likeness (QED) is 0.621. The highest BCUT2D eigenvalue weighted by Crippen LogP contribution is 2.14. The van der Waals surface area contributed by atoms with Crippen LogP contribution in [0, 0.1) is 6.92 Å². The van der Waals surface area contributed by atoms with Crippen LogP contribution in [0.2, 0.25) is 0 Å². The van der Waals surface area contributed by atoms with Crippen LogP contribution in [0.3, 0.4) is 0 Å². The van der Waals surface area contributed by atoms with Gasteiger partial charge in [-0.25, -0.2) is 0 Å². The van der Waals surface area contributed by atoms with E-state index < -0.39 is 10.1 Å². The largest absolute Gasteiger partial charge is 0.468 e. The van der Waals surface area contributed by atoms with E-state index in [1.165, 1.54) is 19.3 Å². The molecule has 0 radical (unpaired) electrons. The second kappa shape index (κ2) is 2.10. The maximum Gasteiger partial charge on any atom is 0.298 e. The minimum atomic E-state index is -4.08. The fourth-order valence-corrected chi connectivity index (χ4v) is 1.28. The molecule has 4 nitrogen and oxygen atoms in total. The molecular formula is C5H6O4S. The zero-order valence-electron chi connectivity index (χ0n) is 5.23. The first-order valence-corrected chi connectivity index (χ1v) is 3.97. The molecule has 1 aromatic heterocycles. The SMILES string of the molecule is Cc1occc1S(=O)(=O)O. The van der Waals surface area contributed by atoms with Crippen LogP contribution in [0.25, 0.3) is 0 Å². The zero-order valence-corrected chi connectivity index (χ0v) is 6.05. The van der Waals surface area contributed by atoms with E-state index in [0.717, 1.165) is 0 Å². The third kappa shape index (κ3) is 1.19. The topological polar surface area (TPSA) is 67.5 Å². The predicted molar refractivity (Wildman–Crippen MR) is 33.3 cm³/mol. The van der Waals surface area contributed by atoms with Gasteiger partial charge in [-0.1, -0.05) is 0 Å². The summed E-state index contributed by atoms with van der Waals surface area (Å²) in [7, 11) is -4.08. The Bertz CT molecular complexity index is 321. The molecule has 0 bridgehead atoms. The third-order valence-electron chi connectivity index (χ3n) is 1.09. The van der Waals surface area contributed by atoms with Crippen molar-refractivity contribution < 1.29 is 17.4 Å². The van der Waals surface area contributed by atoms with Crippen molar-refractivity contribution in [3.05, 3.63) is 18.1 Å². The van der Waals surface area contributed by atoms with Gasteiger partial charge >= 0.3 is 0 Å². The minimum Gasteiger partial charge on any atom is -0.468 e. The monoisotopic (exact) mass is 162 g/mol. The number of rotatable bonds is 1. The fraction of sp³-hybridized carbons (Fsp3) is 0.200. The molecule has 0 saturated carbocycles. The lowest BCUT2D eigenvalue weighted by atomic mass is 10.5.